The fourth-order valence-electron chi connectivity index (χ4n) is 3.44. The maximum atomic E-state index is 12.3. The van der Waals surface area contributed by atoms with Crippen LogP contribution in [0.2, 0.25) is 0 Å². The summed E-state index contributed by atoms with van der Waals surface area (Å²) in [6, 6.07) is 17.4. The number of unbranched alkanes of at least 4 members (excludes halogenated alkanes) is 1. The maximum Gasteiger partial charge on any atom is 0.126 e. The van der Waals surface area contributed by atoms with E-state index < -0.39 is 0 Å². The molecule has 0 unspecified atom stereocenters. The number of aromatic nitrogens is 1. The van der Waals surface area contributed by atoms with Gasteiger partial charge in [-0.25, -0.2) is 4.39 Å². The lowest BCUT2D eigenvalue weighted by molar-refractivity contribution is 0.618. The van der Waals surface area contributed by atoms with Crippen molar-refractivity contribution >= 4 is 11.8 Å². The van der Waals surface area contributed by atoms with E-state index in [1.165, 1.54) is 30.0 Å². The number of aryl methyl sites for hydroxylation is 3. The number of benzene rings is 2. The highest BCUT2D eigenvalue weighted by Crippen LogP contribution is 2.26. The van der Waals surface area contributed by atoms with E-state index >= 15 is 0 Å². The summed E-state index contributed by atoms with van der Waals surface area (Å²) >= 11 is 0. The topological polar surface area (TPSA) is 16.1 Å². The standard InChI is InChI=1S/C22H28N2.C7H7F.C2H6/c1-6-8-10-20-13-12-19(7-2)15-21(20)16-24(17(3)4)22-11-9-14-23-18(22)5;1-6-4-2-3-5-7(6)8;1-2/h7,9,11-15H,2-3,6,8,10,16H2,1,4-5H3;2-5H,1H3;1-2H3. The van der Waals surface area contributed by atoms with Crippen LogP contribution in [0.4, 0.5) is 10.1 Å². The van der Waals surface area contributed by atoms with Gasteiger partial charge in [0.25, 0.3) is 0 Å². The Morgan fingerprint density at radius 2 is 1.74 bits per heavy atom. The number of halogens is 1. The van der Waals surface area contributed by atoms with E-state index in [9.17, 15) is 4.39 Å². The summed E-state index contributed by atoms with van der Waals surface area (Å²) in [5, 5.41) is 0. The molecule has 0 aliphatic rings. The molecule has 0 amide bonds. The summed E-state index contributed by atoms with van der Waals surface area (Å²) in [7, 11) is 0. The fourth-order valence-corrected chi connectivity index (χ4v) is 3.44. The Balaban J connectivity index is 0.000000483. The molecule has 0 bridgehead atoms. The predicted molar refractivity (Wildman–Crippen MR) is 148 cm³/mol. The smallest absolute Gasteiger partial charge is 0.126 e. The predicted octanol–water partition coefficient (Wildman–Crippen LogP) is 9.08. The zero-order chi connectivity index (χ0) is 25.5. The normalized spacial score (nSPS) is 9.74. The van der Waals surface area contributed by atoms with Crippen molar-refractivity contribution in [2.24, 2.45) is 0 Å². The summed E-state index contributed by atoms with van der Waals surface area (Å²) in [5.41, 5.74) is 7.78. The van der Waals surface area contributed by atoms with Gasteiger partial charge in [0, 0.05) is 18.4 Å². The van der Waals surface area contributed by atoms with E-state index in [-0.39, 0.29) is 5.82 Å². The number of pyridine rings is 1. The lowest BCUT2D eigenvalue weighted by Gasteiger charge is -2.27. The molecule has 0 radical (unpaired) electrons. The van der Waals surface area contributed by atoms with E-state index in [0.29, 0.717) is 5.56 Å². The number of allylic oxidation sites excluding steroid dienone is 1. The van der Waals surface area contributed by atoms with Crippen LogP contribution in [-0.2, 0) is 13.0 Å². The van der Waals surface area contributed by atoms with Gasteiger partial charge in [-0.15, -0.1) is 0 Å². The van der Waals surface area contributed by atoms with Crippen molar-refractivity contribution < 1.29 is 4.39 Å². The molecule has 0 N–H and O–H groups in total. The number of hydrogen-bond acceptors (Lipinski definition) is 2. The number of rotatable bonds is 8. The third-order valence-corrected chi connectivity index (χ3v) is 5.40. The Hall–Kier alpha value is -3.20. The molecule has 182 valence electrons. The van der Waals surface area contributed by atoms with Crippen LogP contribution in [0.25, 0.3) is 6.08 Å². The minimum Gasteiger partial charge on any atom is -0.340 e. The van der Waals surface area contributed by atoms with Crippen LogP contribution in [0.1, 0.15) is 68.5 Å². The molecule has 0 saturated heterocycles. The first-order chi connectivity index (χ1) is 16.4. The van der Waals surface area contributed by atoms with Gasteiger partial charge in [0.15, 0.2) is 0 Å². The highest BCUT2D eigenvalue weighted by molar-refractivity contribution is 5.56. The van der Waals surface area contributed by atoms with E-state index in [4.69, 9.17) is 0 Å². The van der Waals surface area contributed by atoms with Gasteiger partial charge in [-0.2, -0.15) is 0 Å². The van der Waals surface area contributed by atoms with Gasteiger partial charge in [-0.3, -0.25) is 4.98 Å². The molecule has 1 aromatic heterocycles. The van der Waals surface area contributed by atoms with Crippen LogP contribution in [0.5, 0.6) is 0 Å². The van der Waals surface area contributed by atoms with E-state index in [2.05, 4.69) is 61.2 Å². The zero-order valence-corrected chi connectivity index (χ0v) is 21.9. The molecule has 3 heteroatoms. The Morgan fingerprint density at radius 1 is 1.03 bits per heavy atom. The zero-order valence-electron chi connectivity index (χ0n) is 21.9. The minimum absolute atomic E-state index is 0.132. The van der Waals surface area contributed by atoms with Crippen molar-refractivity contribution in [2.75, 3.05) is 4.90 Å². The summed E-state index contributed by atoms with van der Waals surface area (Å²) in [6.45, 7) is 21.0. The van der Waals surface area contributed by atoms with Crippen molar-refractivity contribution in [3.63, 3.8) is 0 Å². The molecule has 2 aromatic carbocycles. The highest BCUT2D eigenvalue weighted by Gasteiger charge is 2.14. The lowest BCUT2D eigenvalue weighted by Crippen LogP contribution is -2.22. The lowest BCUT2D eigenvalue weighted by atomic mass is 9.98. The second kappa shape index (κ2) is 15.6. The van der Waals surface area contributed by atoms with Crippen molar-refractivity contribution in [1.29, 1.82) is 0 Å². The molecular weight excluding hydrogens is 419 g/mol. The van der Waals surface area contributed by atoms with Gasteiger partial charge in [0.2, 0.25) is 0 Å². The Labute approximate surface area is 206 Å². The summed E-state index contributed by atoms with van der Waals surface area (Å²) in [5.74, 6) is -0.132. The SMILES string of the molecule is C=Cc1ccc(CCCC)c(CN(C(=C)C)c2cccnc2C)c1.CC.Cc1ccccc1F. The van der Waals surface area contributed by atoms with E-state index in [1.807, 2.05) is 45.2 Å². The van der Waals surface area contributed by atoms with Gasteiger partial charge in [-0.05, 0) is 80.1 Å². The molecule has 2 nitrogen and oxygen atoms in total. The third-order valence-electron chi connectivity index (χ3n) is 5.40. The van der Waals surface area contributed by atoms with Gasteiger partial charge in [0.1, 0.15) is 5.82 Å². The minimum atomic E-state index is -0.132. The molecule has 1 heterocycles. The molecule has 0 atom stereocenters. The molecule has 3 aromatic rings. The van der Waals surface area contributed by atoms with Crippen molar-refractivity contribution in [1.82, 2.24) is 4.98 Å². The first-order valence-electron chi connectivity index (χ1n) is 12.2. The van der Waals surface area contributed by atoms with Gasteiger partial charge in [0.05, 0.1) is 11.4 Å². The molecule has 0 aliphatic heterocycles. The van der Waals surface area contributed by atoms with Crippen molar-refractivity contribution in [2.45, 2.75) is 67.3 Å². The monoisotopic (exact) mass is 460 g/mol. The summed E-state index contributed by atoms with van der Waals surface area (Å²) < 4.78 is 12.3. The molecule has 0 fully saturated rings. The van der Waals surface area contributed by atoms with Crippen LogP contribution in [-0.4, -0.2) is 4.98 Å². The molecule has 0 aliphatic carbocycles. The molecule has 3 rings (SSSR count). The molecule has 34 heavy (non-hydrogen) atoms. The average molecular weight is 461 g/mol. The maximum absolute atomic E-state index is 12.3. The van der Waals surface area contributed by atoms with Gasteiger partial charge in [-0.1, -0.05) is 76.8 Å². The number of hydrogen-bond donors (Lipinski definition) is 0. The van der Waals surface area contributed by atoms with Crippen LogP contribution >= 0.6 is 0 Å². The third kappa shape index (κ3) is 8.97. The second-order valence-electron chi connectivity index (χ2n) is 8.01. The summed E-state index contributed by atoms with van der Waals surface area (Å²) in [6.07, 6.45) is 7.27. The van der Waals surface area contributed by atoms with E-state index in [0.717, 1.165) is 35.6 Å². The Kier molecular flexibility index (Phi) is 13.2. The van der Waals surface area contributed by atoms with Gasteiger partial charge < -0.3 is 4.90 Å². The second-order valence-corrected chi connectivity index (χ2v) is 8.01. The van der Waals surface area contributed by atoms with Crippen molar-refractivity contribution in [3.8, 4) is 0 Å². The number of nitrogens with zero attached hydrogens (tertiary/aromatic N) is 2. The quantitative estimate of drug-likeness (QED) is 0.333. The van der Waals surface area contributed by atoms with Crippen LogP contribution in [0.15, 0.2) is 79.6 Å². The first-order valence-corrected chi connectivity index (χ1v) is 12.2. The Bertz CT molecular complexity index is 1020. The molecule has 0 saturated carbocycles. The first kappa shape index (κ1) is 28.8. The van der Waals surface area contributed by atoms with Crippen molar-refractivity contribution in [3.05, 3.63) is 113 Å². The molecule has 0 spiro atoms. The molecular formula is C31H41FN2. The largest absolute Gasteiger partial charge is 0.340 e. The number of anilines is 1. The van der Waals surface area contributed by atoms with Crippen LogP contribution in [0.3, 0.4) is 0 Å². The Morgan fingerprint density at radius 3 is 2.26 bits per heavy atom. The van der Waals surface area contributed by atoms with Crippen LogP contribution in [0, 0.1) is 19.7 Å². The summed E-state index contributed by atoms with van der Waals surface area (Å²) in [4.78, 5) is 6.68. The van der Waals surface area contributed by atoms with E-state index in [1.54, 1.807) is 19.1 Å². The van der Waals surface area contributed by atoms with Crippen LogP contribution < -0.4 is 4.90 Å². The fraction of sp³-hybridized carbons (Fsp3) is 0.323. The van der Waals surface area contributed by atoms with Gasteiger partial charge >= 0.3 is 0 Å². The highest BCUT2D eigenvalue weighted by atomic mass is 19.1. The average Bonchev–Trinajstić information content (AvgIpc) is 2.85.